The molecule has 0 saturated heterocycles. The number of carbonyl (C=O) groups is 2. The van der Waals surface area contributed by atoms with E-state index in [0.29, 0.717) is 6.54 Å². The van der Waals surface area contributed by atoms with Gasteiger partial charge in [0.15, 0.2) is 0 Å². The standard InChI is InChI=1S/C21H23NO4/c1-21(2,15-8-10-16(26-3)11-9-15)20(25)22-12-14-6-4-5-7-17(14)18(13-22)19(23)24/h4-11,18H,12-13H2,1-3H3,(H,23,24). The van der Waals surface area contributed by atoms with Crippen LogP contribution in [0.3, 0.4) is 0 Å². The lowest BCUT2D eigenvalue weighted by Gasteiger charge is -2.37. The number of methoxy groups -OCH3 is 1. The summed E-state index contributed by atoms with van der Waals surface area (Å²) in [5, 5.41) is 9.61. The van der Waals surface area contributed by atoms with Crippen LogP contribution in [0.25, 0.3) is 0 Å². The van der Waals surface area contributed by atoms with Crippen molar-refractivity contribution in [1.29, 1.82) is 0 Å². The Balaban J connectivity index is 1.90. The number of carboxylic acid groups (broad SMARTS) is 1. The molecule has 2 aromatic rings. The number of aliphatic carboxylic acids is 1. The largest absolute Gasteiger partial charge is 0.497 e. The molecule has 0 spiro atoms. The van der Waals surface area contributed by atoms with Crippen molar-refractivity contribution >= 4 is 11.9 Å². The second kappa shape index (κ2) is 6.83. The Kier molecular flexibility index (Phi) is 4.72. The van der Waals surface area contributed by atoms with Gasteiger partial charge in [-0.3, -0.25) is 9.59 Å². The number of rotatable bonds is 4. The molecule has 5 nitrogen and oxygen atoms in total. The molecule has 26 heavy (non-hydrogen) atoms. The number of benzene rings is 2. The van der Waals surface area contributed by atoms with E-state index in [-0.39, 0.29) is 12.5 Å². The van der Waals surface area contributed by atoms with Crippen molar-refractivity contribution in [3.8, 4) is 5.75 Å². The van der Waals surface area contributed by atoms with E-state index >= 15 is 0 Å². The third-order valence-corrected chi connectivity index (χ3v) is 5.13. The Morgan fingerprint density at radius 1 is 1.12 bits per heavy atom. The van der Waals surface area contributed by atoms with E-state index in [9.17, 15) is 14.7 Å². The average Bonchev–Trinajstić information content (AvgIpc) is 2.66. The minimum absolute atomic E-state index is 0.0802. The van der Waals surface area contributed by atoms with Crippen LogP contribution in [-0.4, -0.2) is 35.5 Å². The Bertz CT molecular complexity index is 826. The molecule has 1 atom stereocenters. The van der Waals surface area contributed by atoms with Crippen LogP contribution in [0.15, 0.2) is 48.5 Å². The number of hydrogen-bond acceptors (Lipinski definition) is 3. The highest BCUT2D eigenvalue weighted by Crippen LogP contribution is 2.33. The van der Waals surface area contributed by atoms with Crippen LogP contribution >= 0.6 is 0 Å². The van der Waals surface area contributed by atoms with Gasteiger partial charge in [-0.25, -0.2) is 0 Å². The summed E-state index contributed by atoms with van der Waals surface area (Å²) in [5.74, 6) is -0.953. The normalized spacial score (nSPS) is 16.7. The fourth-order valence-electron chi connectivity index (χ4n) is 3.50. The van der Waals surface area contributed by atoms with E-state index in [1.54, 1.807) is 12.0 Å². The zero-order chi connectivity index (χ0) is 18.9. The molecule has 5 heteroatoms. The smallest absolute Gasteiger partial charge is 0.312 e. The van der Waals surface area contributed by atoms with E-state index in [1.807, 2.05) is 62.4 Å². The quantitative estimate of drug-likeness (QED) is 0.917. The van der Waals surface area contributed by atoms with Gasteiger partial charge in [0.1, 0.15) is 5.75 Å². The Labute approximate surface area is 153 Å². The minimum Gasteiger partial charge on any atom is -0.497 e. The van der Waals surface area contributed by atoms with Crippen molar-refractivity contribution in [2.24, 2.45) is 0 Å². The molecule has 0 fully saturated rings. The van der Waals surface area contributed by atoms with Gasteiger partial charge in [-0.05, 0) is 42.7 Å². The summed E-state index contributed by atoms with van der Waals surface area (Å²) < 4.78 is 5.18. The van der Waals surface area contributed by atoms with E-state index in [2.05, 4.69) is 0 Å². The molecule has 1 N–H and O–H groups in total. The molecule has 136 valence electrons. The maximum Gasteiger partial charge on any atom is 0.312 e. The molecular weight excluding hydrogens is 330 g/mol. The highest BCUT2D eigenvalue weighted by molar-refractivity contribution is 5.89. The van der Waals surface area contributed by atoms with Crippen LogP contribution in [-0.2, 0) is 21.5 Å². The van der Waals surface area contributed by atoms with Gasteiger partial charge in [0.05, 0.1) is 18.4 Å². The number of carbonyl (C=O) groups excluding carboxylic acids is 1. The maximum absolute atomic E-state index is 13.3. The third kappa shape index (κ3) is 3.17. The molecule has 1 unspecified atom stereocenters. The van der Waals surface area contributed by atoms with Crippen LogP contribution in [0.1, 0.15) is 36.5 Å². The SMILES string of the molecule is COc1ccc(C(C)(C)C(=O)N2Cc3ccccc3C(C(=O)O)C2)cc1. The second-order valence-corrected chi connectivity index (χ2v) is 7.13. The van der Waals surface area contributed by atoms with Crippen molar-refractivity contribution < 1.29 is 19.4 Å². The molecule has 1 heterocycles. The fourth-order valence-corrected chi connectivity index (χ4v) is 3.50. The maximum atomic E-state index is 13.3. The first-order valence-corrected chi connectivity index (χ1v) is 8.59. The lowest BCUT2D eigenvalue weighted by molar-refractivity contribution is -0.143. The summed E-state index contributed by atoms with van der Waals surface area (Å²) in [6, 6.07) is 14.9. The summed E-state index contributed by atoms with van der Waals surface area (Å²) in [5.41, 5.74) is 1.80. The topological polar surface area (TPSA) is 66.8 Å². The molecule has 0 bridgehead atoms. The van der Waals surface area contributed by atoms with Crippen LogP contribution in [0, 0.1) is 0 Å². The first kappa shape index (κ1) is 18.0. The van der Waals surface area contributed by atoms with Crippen molar-refractivity contribution in [3.63, 3.8) is 0 Å². The zero-order valence-corrected chi connectivity index (χ0v) is 15.2. The van der Waals surface area contributed by atoms with Crippen molar-refractivity contribution in [1.82, 2.24) is 4.90 Å². The van der Waals surface area contributed by atoms with Gasteiger partial charge in [-0.2, -0.15) is 0 Å². The van der Waals surface area contributed by atoms with Crippen molar-refractivity contribution in [2.75, 3.05) is 13.7 Å². The number of hydrogen-bond donors (Lipinski definition) is 1. The predicted molar refractivity (Wildman–Crippen MR) is 98.3 cm³/mol. The van der Waals surface area contributed by atoms with Crippen LogP contribution in [0.5, 0.6) is 5.75 Å². The van der Waals surface area contributed by atoms with Gasteiger partial charge >= 0.3 is 5.97 Å². The van der Waals surface area contributed by atoms with Gasteiger partial charge in [-0.15, -0.1) is 0 Å². The molecular formula is C21H23NO4. The Morgan fingerprint density at radius 2 is 1.77 bits per heavy atom. The lowest BCUT2D eigenvalue weighted by Crippen LogP contribution is -2.47. The summed E-state index contributed by atoms with van der Waals surface area (Å²) in [7, 11) is 1.60. The molecule has 1 aliphatic rings. The van der Waals surface area contributed by atoms with Crippen LogP contribution in [0.4, 0.5) is 0 Å². The van der Waals surface area contributed by atoms with Crippen LogP contribution in [0.2, 0.25) is 0 Å². The van der Waals surface area contributed by atoms with E-state index in [4.69, 9.17) is 4.74 Å². The van der Waals surface area contributed by atoms with Gasteiger partial charge in [0, 0.05) is 13.1 Å². The number of nitrogens with zero attached hydrogens (tertiary/aromatic N) is 1. The summed E-state index contributed by atoms with van der Waals surface area (Å²) in [6.45, 7) is 4.35. The zero-order valence-electron chi connectivity index (χ0n) is 15.2. The van der Waals surface area contributed by atoms with E-state index < -0.39 is 17.3 Å². The molecule has 0 aromatic heterocycles. The van der Waals surface area contributed by atoms with Crippen molar-refractivity contribution in [3.05, 3.63) is 65.2 Å². The molecule has 0 radical (unpaired) electrons. The first-order valence-electron chi connectivity index (χ1n) is 8.59. The van der Waals surface area contributed by atoms with Crippen molar-refractivity contribution in [2.45, 2.75) is 31.7 Å². The molecule has 0 saturated carbocycles. The highest BCUT2D eigenvalue weighted by atomic mass is 16.5. The third-order valence-electron chi connectivity index (χ3n) is 5.13. The van der Waals surface area contributed by atoms with Gasteiger partial charge < -0.3 is 14.7 Å². The molecule has 1 amide bonds. The molecule has 2 aromatic carbocycles. The summed E-state index contributed by atoms with van der Waals surface area (Å²) in [6.07, 6.45) is 0. The highest BCUT2D eigenvalue weighted by Gasteiger charge is 2.39. The van der Waals surface area contributed by atoms with E-state index in [0.717, 1.165) is 22.4 Å². The number of fused-ring (bicyclic) bond motifs is 1. The van der Waals surface area contributed by atoms with Gasteiger partial charge in [0.2, 0.25) is 5.91 Å². The average molecular weight is 353 g/mol. The summed E-state index contributed by atoms with van der Waals surface area (Å²) >= 11 is 0. The predicted octanol–water partition coefficient (Wildman–Crippen LogP) is 3.18. The number of carboxylic acids is 1. The molecule has 3 rings (SSSR count). The lowest BCUT2D eigenvalue weighted by atomic mass is 9.81. The Hall–Kier alpha value is -2.82. The molecule has 0 aliphatic carbocycles. The minimum atomic E-state index is -0.905. The first-order chi connectivity index (χ1) is 12.3. The van der Waals surface area contributed by atoms with Gasteiger partial charge in [0.25, 0.3) is 0 Å². The fraction of sp³-hybridized carbons (Fsp3) is 0.333. The van der Waals surface area contributed by atoms with Crippen LogP contribution < -0.4 is 4.74 Å². The molecule has 1 aliphatic heterocycles. The number of ether oxygens (including phenoxy) is 1. The second-order valence-electron chi connectivity index (χ2n) is 7.13. The summed E-state index contributed by atoms with van der Waals surface area (Å²) in [4.78, 5) is 26.6. The van der Waals surface area contributed by atoms with E-state index in [1.165, 1.54) is 0 Å². The monoisotopic (exact) mass is 353 g/mol. The number of amides is 1. The Morgan fingerprint density at radius 3 is 2.38 bits per heavy atom. The van der Waals surface area contributed by atoms with Gasteiger partial charge in [-0.1, -0.05) is 36.4 Å².